The summed E-state index contributed by atoms with van der Waals surface area (Å²) in [5.74, 6) is 5.50. The number of amides is 2. The molecule has 34 heavy (non-hydrogen) atoms. The van der Waals surface area contributed by atoms with E-state index < -0.39 is 24.1 Å². The molecule has 0 saturated carbocycles. The minimum atomic E-state index is -1.44. The van der Waals surface area contributed by atoms with E-state index in [2.05, 4.69) is 22.1 Å². The molecule has 2 N–H and O–H groups in total. The number of hydrogen-bond acceptors (Lipinski definition) is 6. The second kappa shape index (κ2) is 12.3. The van der Waals surface area contributed by atoms with Gasteiger partial charge in [0.2, 0.25) is 5.91 Å². The van der Waals surface area contributed by atoms with Crippen molar-refractivity contribution in [3.05, 3.63) is 59.7 Å². The Labute approximate surface area is 200 Å². The lowest BCUT2D eigenvalue weighted by molar-refractivity contribution is -0.148. The van der Waals surface area contributed by atoms with E-state index in [1.165, 1.54) is 26.1 Å². The van der Waals surface area contributed by atoms with Gasteiger partial charge >= 0.3 is 0 Å². The van der Waals surface area contributed by atoms with Crippen LogP contribution in [0.3, 0.4) is 0 Å². The number of nitrogens with one attached hydrogen (secondary N) is 1. The quantitative estimate of drug-likeness (QED) is 0.472. The Balaban J connectivity index is 1.65. The van der Waals surface area contributed by atoms with Crippen molar-refractivity contribution in [3.63, 3.8) is 0 Å². The average Bonchev–Trinajstić information content (AvgIpc) is 2.89. The lowest BCUT2D eigenvalue weighted by Gasteiger charge is -2.29. The molecule has 1 saturated heterocycles. The Hall–Kier alpha value is -3.22. The highest BCUT2D eigenvalue weighted by atomic mass is 16.6. The van der Waals surface area contributed by atoms with Gasteiger partial charge in [-0.2, -0.15) is 0 Å². The van der Waals surface area contributed by atoms with E-state index in [4.69, 9.17) is 9.47 Å². The molecule has 8 heteroatoms. The lowest BCUT2D eigenvalue weighted by Crippen LogP contribution is -2.53. The van der Waals surface area contributed by atoms with Gasteiger partial charge in [0.25, 0.3) is 5.91 Å². The molecule has 1 unspecified atom stereocenters. The minimum Gasteiger partial charge on any atom is -0.379 e. The van der Waals surface area contributed by atoms with E-state index in [9.17, 15) is 14.7 Å². The summed E-state index contributed by atoms with van der Waals surface area (Å²) in [4.78, 5) is 28.5. The summed E-state index contributed by atoms with van der Waals surface area (Å²) < 4.78 is 10.2. The molecule has 3 rings (SSSR count). The number of carbonyl (C=O) groups excluding carboxylic acids is 2. The molecule has 2 aromatic carbocycles. The number of likely N-dealkylation sites (N-methyl/N-ethyl adjacent to an activating group) is 2. The number of nitrogens with zero attached hydrogens (tertiary/aromatic N) is 2. The first-order chi connectivity index (χ1) is 16.4. The number of aliphatic hydroxyl groups excluding tert-OH is 1. The maximum absolute atomic E-state index is 12.9. The number of benzene rings is 2. The van der Waals surface area contributed by atoms with E-state index in [0.29, 0.717) is 5.56 Å². The second-order valence-electron chi connectivity index (χ2n) is 7.95. The molecule has 8 nitrogen and oxygen atoms in total. The number of aliphatic hydroxyl groups is 1. The fourth-order valence-electron chi connectivity index (χ4n) is 3.67. The zero-order valence-electron chi connectivity index (χ0n) is 19.8. The monoisotopic (exact) mass is 465 g/mol. The van der Waals surface area contributed by atoms with E-state index in [-0.39, 0.29) is 0 Å². The third-order valence-electron chi connectivity index (χ3n) is 5.75. The zero-order valence-corrected chi connectivity index (χ0v) is 19.8. The number of morpholine rings is 1. The van der Waals surface area contributed by atoms with Crippen molar-refractivity contribution in [3.8, 4) is 23.0 Å². The number of hydrogen-bond donors (Lipinski definition) is 2. The Bertz CT molecular complexity index is 1020. The lowest BCUT2D eigenvalue weighted by atomic mass is 10.0. The van der Waals surface area contributed by atoms with Gasteiger partial charge in [-0.1, -0.05) is 36.1 Å². The van der Waals surface area contributed by atoms with Crippen LogP contribution in [0.4, 0.5) is 0 Å². The van der Waals surface area contributed by atoms with Crippen LogP contribution in [0.15, 0.2) is 48.5 Å². The molecule has 0 spiro atoms. The standard InChI is InChI=1S/C26H31N3O5/c1-27-24(30)23(26(32)33-3)28(2)25(31)22-12-10-21(11-13-22)20-8-6-19(7-9-20)5-4-14-29-15-17-34-18-16-29/h6-13,23,26,32H,14-18H2,1-3H3,(H,27,30)/t23-,26?/m0/s1. The third-order valence-corrected chi connectivity index (χ3v) is 5.75. The van der Waals surface area contributed by atoms with Crippen molar-refractivity contribution >= 4 is 11.8 Å². The van der Waals surface area contributed by atoms with Crippen molar-refractivity contribution in [2.45, 2.75) is 12.3 Å². The van der Waals surface area contributed by atoms with Crippen molar-refractivity contribution < 1.29 is 24.2 Å². The maximum Gasteiger partial charge on any atom is 0.254 e. The van der Waals surface area contributed by atoms with Crippen LogP contribution < -0.4 is 5.32 Å². The van der Waals surface area contributed by atoms with Crippen LogP contribution in [0.5, 0.6) is 0 Å². The molecule has 0 bridgehead atoms. The first-order valence-corrected chi connectivity index (χ1v) is 11.1. The van der Waals surface area contributed by atoms with Crippen molar-refractivity contribution in [2.24, 2.45) is 0 Å². The van der Waals surface area contributed by atoms with E-state index in [1.807, 2.05) is 36.4 Å². The molecule has 1 aliphatic heterocycles. The summed E-state index contributed by atoms with van der Waals surface area (Å²) in [6.45, 7) is 4.10. The van der Waals surface area contributed by atoms with Gasteiger partial charge < -0.3 is 24.8 Å². The topological polar surface area (TPSA) is 91.3 Å². The summed E-state index contributed by atoms with van der Waals surface area (Å²) in [5, 5.41) is 12.5. The Morgan fingerprint density at radius 2 is 1.71 bits per heavy atom. The molecule has 180 valence electrons. The Morgan fingerprint density at radius 1 is 1.12 bits per heavy atom. The predicted octanol–water partition coefficient (Wildman–Crippen LogP) is 1.19. The Morgan fingerprint density at radius 3 is 2.26 bits per heavy atom. The Kier molecular flexibility index (Phi) is 9.19. The molecule has 0 aromatic heterocycles. The van der Waals surface area contributed by atoms with Gasteiger partial charge in [-0.05, 0) is 35.4 Å². The van der Waals surface area contributed by atoms with Gasteiger partial charge in [0.1, 0.15) is 0 Å². The van der Waals surface area contributed by atoms with Gasteiger partial charge in [0.15, 0.2) is 12.3 Å². The van der Waals surface area contributed by atoms with Crippen LogP contribution >= 0.6 is 0 Å². The van der Waals surface area contributed by atoms with Crippen LogP contribution in [0.1, 0.15) is 15.9 Å². The summed E-state index contributed by atoms with van der Waals surface area (Å²) >= 11 is 0. The van der Waals surface area contributed by atoms with E-state index in [0.717, 1.165) is 49.5 Å². The van der Waals surface area contributed by atoms with Crippen LogP contribution in [0.2, 0.25) is 0 Å². The summed E-state index contributed by atoms with van der Waals surface area (Å²) in [6.07, 6.45) is -1.44. The first kappa shape index (κ1) is 25.4. The number of ether oxygens (including phenoxy) is 2. The minimum absolute atomic E-state index is 0.397. The number of methoxy groups -OCH3 is 1. The number of carbonyl (C=O) groups is 2. The summed E-state index contributed by atoms with van der Waals surface area (Å²) in [5.41, 5.74) is 3.30. The highest BCUT2D eigenvalue weighted by Crippen LogP contribution is 2.21. The molecule has 1 fully saturated rings. The number of rotatable bonds is 7. The molecule has 0 aliphatic carbocycles. The molecule has 0 radical (unpaired) electrons. The van der Waals surface area contributed by atoms with Gasteiger partial charge in [0, 0.05) is 45.4 Å². The molecule has 1 aliphatic rings. The highest BCUT2D eigenvalue weighted by molar-refractivity contribution is 5.97. The van der Waals surface area contributed by atoms with Crippen molar-refractivity contribution in [1.29, 1.82) is 0 Å². The van der Waals surface area contributed by atoms with Crippen LogP contribution in [-0.4, -0.2) is 93.1 Å². The van der Waals surface area contributed by atoms with Gasteiger partial charge in [0.05, 0.1) is 19.8 Å². The fourth-order valence-corrected chi connectivity index (χ4v) is 3.67. The normalized spacial score (nSPS) is 15.5. The molecule has 2 amide bonds. The van der Waals surface area contributed by atoms with Gasteiger partial charge in [-0.3, -0.25) is 14.5 Å². The SMILES string of the molecule is CNC(=O)[C@@H](C(O)OC)N(C)C(=O)c1ccc(-c2ccc(C#CCN3CCOCC3)cc2)cc1. The third kappa shape index (κ3) is 6.43. The smallest absolute Gasteiger partial charge is 0.254 e. The second-order valence-corrected chi connectivity index (χ2v) is 7.95. The molecule has 2 atom stereocenters. The average molecular weight is 466 g/mol. The van der Waals surface area contributed by atoms with Gasteiger partial charge in [-0.25, -0.2) is 0 Å². The van der Waals surface area contributed by atoms with Gasteiger partial charge in [-0.15, -0.1) is 0 Å². The fraction of sp³-hybridized carbons (Fsp3) is 0.385. The molecular formula is C26H31N3O5. The maximum atomic E-state index is 12.9. The van der Waals surface area contributed by atoms with E-state index >= 15 is 0 Å². The zero-order chi connectivity index (χ0) is 24.5. The van der Waals surface area contributed by atoms with E-state index in [1.54, 1.807) is 12.1 Å². The van der Waals surface area contributed by atoms with Crippen molar-refractivity contribution in [1.82, 2.24) is 15.1 Å². The summed E-state index contributed by atoms with van der Waals surface area (Å²) in [7, 11) is 4.16. The molecule has 2 aromatic rings. The summed E-state index contributed by atoms with van der Waals surface area (Å²) in [6, 6.07) is 13.9. The molecule has 1 heterocycles. The predicted molar refractivity (Wildman–Crippen MR) is 129 cm³/mol. The largest absolute Gasteiger partial charge is 0.379 e. The van der Waals surface area contributed by atoms with Crippen LogP contribution in [0.25, 0.3) is 11.1 Å². The highest BCUT2D eigenvalue weighted by Gasteiger charge is 2.33. The molecular weight excluding hydrogens is 434 g/mol. The van der Waals surface area contributed by atoms with Crippen LogP contribution in [-0.2, 0) is 14.3 Å². The van der Waals surface area contributed by atoms with Crippen LogP contribution in [0, 0.1) is 11.8 Å². The first-order valence-electron chi connectivity index (χ1n) is 11.1. The van der Waals surface area contributed by atoms with Crippen molar-refractivity contribution in [2.75, 3.05) is 54.1 Å².